The molecule has 0 bridgehead atoms. The van der Waals surface area contributed by atoms with E-state index in [1.807, 2.05) is 13.8 Å². The highest BCUT2D eigenvalue weighted by Crippen LogP contribution is 2.21. The summed E-state index contributed by atoms with van der Waals surface area (Å²) in [6.45, 7) is 4.60. The molecule has 0 radical (unpaired) electrons. The average molecular weight is 285 g/mol. The molecule has 1 aromatic heterocycles. The first-order valence-corrected chi connectivity index (χ1v) is 8.28. The van der Waals surface area contributed by atoms with Gasteiger partial charge in [-0.15, -0.1) is 0 Å². The van der Waals surface area contributed by atoms with Crippen molar-refractivity contribution < 1.29 is 8.42 Å². The lowest BCUT2D eigenvalue weighted by molar-refractivity contribution is 0.380. The lowest BCUT2D eigenvalue weighted by Crippen LogP contribution is -2.34. The molecule has 0 aromatic carbocycles. The minimum atomic E-state index is -3.38. The molecule has 0 saturated heterocycles. The molecule has 1 unspecified atom stereocenters. The lowest BCUT2D eigenvalue weighted by Gasteiger charge is -2.22. The Labute approximate surface area is 115 Å². The van der Waals surface area contributed by atoms with Crippen LogP contribution in [0.15, 0.2) is 17.2 Å². The van der Waals surface area contributed by atoms with E-state index in [9.17, 15) is 8.42 Å². The molecule has 1 fully saturated rings. The van der Waals surface area contributed by atoms with Gasteiger partial charge in [0.1, 0.15) is 0 Å². The number of hydrogen-bond acceptors (Lipinski definition) is 3. The smallest absolute Gasteiger partial charge is 0.244 e. The van der Waals surface area contributed by atoms with E-state index < -0.39 is 10.0 Å². The van der Waals surface area contributed by atoms with Crippen LogP contribution < -0.4 is 5.32 Å². The number of H-pyrrole nitrogens is 1. The van der Waals surface area contributed by atoms with Crippen LogP contribution in [-0.2, 0) is 16.6 Å². The third kappa shape index (κ3) is 3.38. The Morgan fingerprint density at radius 1 is 1.53 bits per heavy atom. The number of hydrogen-bond donors (Lipinski definition) is 2. The summed E-state index contributed by atoms with van der Waals surface area (Å²) in [5.41, 5.74) is 0.919. The van der Waals surface area contributed by atoms with E-state index in [-0.39, 0.29) is 6.04 Å². The van der Waals surface area contributed by atoms with Gasteiger partial charge in [-0.05, 0) is 32.3 Å². The van der Waals surface area contributed by atoms with E-state index in [0.29, 0.717) is 17.5 Å². The molecule has 2 N–H and O–H groups in total. The molecular weight excluding hydrogens is 262 g/mol. The molecule has 0 aliphatic heterocycles. The van der Waals surface area contributed by atoms with E-state index >= 15 is 0 Å². The second kappa shape index (κ2) is 5.64. The van der Waals surface area contributed by atoms with Gasteiger partial charge in [-0.1, -0.05) is 6.92 Å². The number of aromatic amines is 1. The van der Waals surface area contributed by atoms with Gasteiger partial charge in [-0.25, -0.2) is 8.42 Å². The van der Waals surface area contributed by atoms with Crippen LogP contribution in [0.4, 0.5) is 0 Å². The SMILES string of the molecule is CCC(C)N(C)S(=O)(=O)c1c[nH]c(CNC2CC2)c1. The van der Waals surface area contributed by atoms with Crippen molar-refractivity contribution in [1.82, 2.24) is 14.6 Å². The van der Waals surface area contributed by atoms with Crippen molar-refractivity contribution in [2.75, 3.05) is 7.05 Å². The molecule has 1 aliphatic rings. The number of sulfonamides is 1. The van der Waals surface area contributed by atoms with Crippen molar-refractivity contribution in [3.63, 3.8) is 0 Å². The van der Waals surface area contributed by atoms with Crippen LogP contribution in [-0.4, -0.2) is 36.8 Å². The molecular formula is C13H23N3O2S. The van der Waals surface area contributed by atoms with Crippen molar-refractivity contribution in [3.05, 3.63) is 18.0 Å². The van der Waals surface area contributed by atoms with Crippen LogP contribution in [0.5, 0.6) is 0 Å². The molecule has 0 spiro atoms. The standard InChI is InChI=1S/C13H23N3O2S/c1-4-10(2)16(3)19(17,18)13-7-12(15-9-13)8-14-11-5-6-11/h7,9-11,14-15H,4-6,8H2,1-3H3. The van der Waals surface area contributed by atoms with Gasteiger partial charge in [-0.2, -0.15) is 4.31 Å². The minimum Gasteiger partial charge on any atom is -0.363 e. The number of rotatable bonds is 7. The summed E-state index contributed by atoms with van der Waals surface area (Å²) in [6, 6.07) is 2.35. The molecule has 1 heterocycles. The molecule has 1 aliphatic carbocycles. The van der Waals surface area contributed by atoms with E-state index in [1.165, 1.54) is 17.1 Å². The van der Waals surface area contributed by atoms with E-state index in [4.69, 9.17) is 0 Å². The summed E-state index contributed by atoms with van der Waals surface area (Å²) in [6.07, 6.45) is 4.83. The second-order valence-corrected chi connectivity index (χ2v) is 7.29. The normalized spacial score (nSPS) is 17.9. The van der Waals surface area contributed by atoms with Gasteiger partial charge in [0, 0.05) is 37.6 Å². The van der Waals surface area contributed by atoms with Gasteiger partial charge in [-0.3, -0.25) is 0 Å². The second-order valence-electron chi connectivity index (χ2n) is 5.29. The van der Waals surface area contributed by atoms with Crippen LogP contribution >= 0.6 is 0 Å². The maximum atomic E-state index is 12.4. The highest BCUT2D eigenvalue weighted by atomic mass is 32.2. The Balaban J connectivity index is 2.07. The van der Waals surface area contributed by atoms with Crippen LogP contribution in [0, 0.1) is 0 Å². The zero-order valence-corrected chi connectivity index (χ0v) is 12.6. The van der Waals surface area contributed by atoms with Gasteiger partial charge < -0.3 is 10.3 Å². The lowest BCUT2D eigenvalue weighted by atomic mass is 10.3. The molecule has 108 valence electrons. The monoisotopic (exact) mass is 285 g/mol. The molecule has 1 aromatic rings. The van der Waals surface area contributed by atoms with Gasteiger partial charge in [0.05, 0.1) is 4.90 Å². The fourth-order valence-corrected chi connectivity index (χ4v) is 3.33. The fourth-order valence-electron chi connectivity index (χ4n) is 1.87. The molecule has 1 atom stereocenters. The van der Waals surface area contributed by atoms with Gasteiger partial charge in [0.2, 0.25) is 10.0 Å². The highest BCUT2D eigenvalue weighted by molar-refractivity contribution is 7.89. The first kappa shape index (κ1) is 14.6. The third-order valence-corrected chi connectivity index (χ3v) is 5.71. The number of nitrogens with one attached hydrogen (secondary N) is 2. The van der Waals surface area contributed by atoms with Crippen LogP contribution in [0.25, 0.3) is 0 Å². The van der Waals surface area contributed by atoms with Gasteiger partial charge in [0.15, 0.2) is 0 Å². The quantitative estimate of drug-likeness (QED) is 0.801. The summed E-state index contributed by atoms with van der Waals surface area (Å²) in [5.74, 6) is 0. The van der Waals surface area contributed by atoms with Crippen molar-refractivity contribution in [2.24, 2.45) is 0 Å². The number of nitrogens with zero attached hydrogens (tertiary/aromatic N) is 1. The van der Waals surface area contributed by atoms with Crippen molar-refractivity contribution in [3.8, 4) is 0 Å². The summed E-state index contributed by atoms with van der Waals surface area (Å²) in [7, 11) is -1.74. The van der Waals surface area contributed by atoms with Crippen molar-refractivity contribution >= 4 is 10.0 Å². The topological polar surface area (TPSA) is 65.2 Å². The average Bonchev–Trinajstić information content (AvgIpc) is 3.10. The molecule has 1 saturated carbocycles. The van der Waals surface area contributed by atoms with E-state index in [2.05, 4.69) is 10.3 Å². The van der Waals surface area contributed by atoms with Crippen molar-refractivity contribution in [2.45, 2.75) is 56.6 Å². The van der Waals surface area contributed by atoms with Gasteiger partial charge in [0.25, 0.3) is 0 Å². The number of aromatic nitrogens is 1. The Bertz CT molecular complexity index is 520. The Morgan fingerprint density at radius 3 is 2.79 bits per heavy atom. The van der Waals surface area contributed by atoms with Crippen LogP contribution in [0.2, 0.25) is 0 Å². The van der Waals surface area contributed by atoms with E-state index in [0.717, 1.165) is 12.1 Å². The Morgan fingerprint density at radius 2 is 2.21 bits per heavy atom. The molecule has 0 amide bonds. The first-order valence-electron chi connectivity index (χ1n) is 6.84. The zero-order chi connectivity index (χ0) is 14.0. The molecule has 19 heavy (non-hydrogen) atoms. The van der Waals surface area contributed by atoms with Crippen molar-refractivity contribution in [1.29, 1.82) is 0 Å². The maximum Gasteiger partial charge on any atom is 0.244 e. The predicted molar refractivity (Wildman–Crippen MR) is 75.4 cm³/mol. The van der Waals surface area contributed by atoms with E-state index in [1.54, 1.807) is 19.3 Å². The first-order chi connectivity index (χ1) is 8.95. The zero-order valence-electron chi connectivity index (χ0n) is 11.8. The molecule has 6 heteroatoms. The summed E-state index contributed by atoms with van der Waals surface area (Å²) in [4.78, 5) is 3.39. The minimum absolute atomic E-state index is 0.00735. The summed E-state index contributed by atoms with van der Waals surface area (Å²) >= 11 is 0. The molecule has 2 rings (SSSR count). The Kier molecular flexibility index (Phi) is 4.32. The Hall–Kier alpha value is -0.850. The van der Waals surface area contributed by atoms with Crippen LogP contribution in [0.3, 0.4) is 0 Å². The predicted octanol–water partition coefficient (Wildman–Crippen LogP) is 1.69. The fraction of sp³-hybridized carbons (Fsp3) is 0.692. The largest absolute Gasteiger partial charge is 0.363 e. The summed E-state index contributed by atoms with van der Waals surface area (Å²) in [5, 5.41) is 3.36. The highest BCUT2D eigenvalue weighted by Gasteiger charge is 2.26. The summed E-state index contributed by atoms with van der Waals surface area (Å²) < 4.78 is 26.2. The van der Waals surface area contributed by atoms with Gasteiger partial charge >= 0.3 is 0 Å². The molecule has 5 nitrogen and oxygen atoms in total. The third-order valence-electron chi connectivity index (χ3n) is 3.76. The maximum absolute atomic E-state index is 12.4. The van der Waals surface area contributed by atoms with Crippen LogP contribution in [0.1, 0.15) is 38.8 Å².